The molecule has 0 aromatic heterocycles. The van der Waals surface area contributed by atoms with E-state index in [1.165, 1.54) is 0 Å². The van der Waals surface area contributed by atoms with Gasteiger partial charge in [0, 0.05) is 6.54 Å². The zero-order chi connectivity index (χ0) is 13.4. The van der Waals surface area contributed by atoms with Crippen LogP contribution in [-0.2, 0) is 4.74 Å². The van der Waals surface area contributed by atoms with Crippen molar-refractivity contribution in [1.29, 1.82) is 0 Å². The van der Waals surface area contributed by atoms with Gasteiger partial charge in [-0.2, -0.15) is 0 Å². The summed E-state index contributed by atoms with van der Waals surface area (Å²) < 4.78 is 5.12. The molecule has 0 heterocycles. The van der Waals surface area contributed by atoms with Crippen molar-refractivity contribution in [2.75, 3.05) is 27.2 Å². The zero-order valence-corrected chi connectivity index (χ0v) is 11.0. The van der Waals surface area contributed by atoms with Gasteiger partial charge in [0.2, 0.25) is 0 Å². The molecule has 0 bridgehead atoms. The number of hydrogen-bond donors (Lipinski definition) is 1. The quantitative estimate of drug-likeness (QED) is 0.590. The molecule has 0 spiro atoms. The second kappa shape index (κ2) is 7.84. The van der Waals surface area contributed by atoms with Gasteiger partial charge in [-0.3, -0.25) is 0 Å². The standard InChI is InChI=1S/C14H21NO3/c1-15(2)11-13(16)9-6-10-18-14(17)12-7-4-3-5-8-12/h3-5,7-8,13,16H,6,9-11H2,1-2H3. The van der Waals surface area contributed by atoms with Gasteiger partial charge >= 0.3 is 5.97 Å². The number of aliphatic hydroxyl groups excluding tert-OH is 1. The van der Waals surface area contributed by atoms with E-state index in [1.54, 1.807) is 24.3 Å². The number of ether oxygens (including phenoxy) is 1. The number of benzene rings is 1. The van der Waals surface area contributed by atoms with Gasteiger partial charge in [-0.15, -0.1) is 0 Å². The molecule has 4 nitrogen and oxygen atoms in total. The monoisotopic (exact) mass is 251 g/mol. The predicted molar refractivity (Wildman–Crippen MR) is 70.5 cm³/mol. The van der Waals surface area contributed by atoms with E-state index < -0.39 is 0 Å². The Balaban J connectivity index is 2.17. The van der Waals surface area contributed by atoms with Crippen molar-refractivity contribution in [1.82, 2.24) is 4.90 Å². The maximum absolute atomic E-state index is 11.6. The smallest absolute Gasteiger partial charge is 0.338 e. The molecular weight excluding hydrogens is 230 g/mol. The highest BCUT2D eigenvalue weighted by molar-refractivity contribution is 5.89. The van der Waals surface area contributed by atoms with Crippen molar-refractivity contribution < 1.29 is 14.6 Å². The summed E-state index contributed by atoms with van der Waals surface area (Å²) in [6, 6.07) is 8.91. The van der Waals surface area contributed by atoms with Crippen molar-refractivity contribution in [3.05, 3.63) is 35.9 Å². The van der Waals surface area contributed by atoms with Crippen molar-refractivity contribution in [2.45, 2.75) is 18.9 Å². The topological polar surface area (TPSA) is 49.8 Å². The van der Waals surface area contributed by atoms with Gasteiger partial charge in [0.05, 0.1) is 18.3 Å². The average molecular weight is 251 g/mol. The third-order valence-electron chi connectivity index (χ3n) is 2.50. The highest BCUT2D eigenvalue weighted by Crippen LogP contribution is 2.03. The summed E-state index contributed by atoms with van der Waals surface area (Å²) in [5, 5.41) is 9.62. The van der Waals surface area contributed by atoms with E-state index in [9.17, 15) is 9.90 Å². The van der Waals surface area contributed by atoms with Crippen LogP contribution in [0.4, 0.5) is 0 Å². The van der Waals surface area contributed by atoms with Crippen molar-refractivity contribution in [3.8, 4) is 0 Å². The number of rotatable bonds is 7. The van der Waals surface area contributed by atoms with Crippen LogP contribution in [-0.4, -0.2) is 49.3 Å². The molecule has 18 heavy (non-hydrogen) atoms. The van der Waals surface area contributed by atoms with Crippen LogP contribution in [0.25, 0.3) is 0 Å². The van der Waals surface area contributed by atoms with E-state index >= 15 is 0 Å². The summed E-state index contributed by atoms with van der Waals surface area (Å²) in [6.45, 7) is 0.977. The Hall–Kier alpha value is -1.39. The van der Waals surface area contributed by atoms with Crippen LogP contribution in [0.3, 0.4) is 0 Å². The lowest BCUT2D eigenvalue weighted by Gasteiger charge is -2.15. The fourth-order valence-corrected chi connectivity index (χ4v) is 1.65. The Morgan fingerprint density at radius 2 is 2.00 bits per heavy atom. The van der Waals surface area contributed by atoms with Gasteiger partial charge in [-0.05, 0) is 39.1 Å². The molecule has 0 radical (unpaired) electrons. The molecule has 4 heteroatoms. The Morgan fingerprint density at radius 3 is 2.61 bits per heavy atom. The Bertz CT molecular complexity index is 351. The Labute approximate surface area is 108 Å². The number of hydrogen-bond acceptors (Lipinski definition) is 4. The average Bonchev–Trinajstić information content (AvgIpc) is 2.34. The molecule has 100 valence electrons. The molecule has 1 atom stereocenters. The maximum Gasteiger partial charge on any atom is 0.338 e. The van der Waals surface area contributed by atoms with Crippen LogP contribution in [0.15, 0.2) is 30.3 Å². The predicted octanol–water partition coefficient (Wildman–Crippen LogP) is 1.55. The lowest BCUT2D eigenvalue weighted by atomic mass is 10.2. The highest BCUT2D eigenvalue weighted by atomic mass is 16.5. The summed E-state index contributed by atoms with van der Waals surface area (Å²) in [5.41, 5.74) is 0.561. The third-order valence-corrected chi connectivity index (χ3v) is 2.50. The molecule has 0 amide bonds. The fraction of sp³-hybridized carbons (Fsp3) is 0.500. The first-order valence-electron chi connectivity index (χ1n) is 6.14. The third kappa shape index (κ3) is 5.80. The van der Waals surface area contributed by atoms with Gasteiger partial charge < -0.3 is 14.7 Å². The molecule has 1 unspecified atom stereocenters. The fourth-order valence-electron chi connectivity index (χ4n) is 1.65. The number of nitrogens with zero attached hydrogens (tertiary/aromatic N) is 1. The summed E-state index contributed by atoms with van der Waals surface area (Å²) in [7, 11) is 3.83. The van der Waals surface area contributed by atoms with Crippen LogP contribution in [0, 0.1) is 0 Å². The SMILES string of the molecule is CN(C)CC(O)CCCOC(=O)c1ccccc1. The number of carbonyl (C=O) groups excluding carboxylic acids is 1. The van der Waals surface area contributed by atoms with Crippen LogP contribution in [0.1, 0.15) is 23.2 Å². The molecular formula is C14H21NO3. The van der Waals surface area contributed by atoms with E-state index in [-0.39, 0.29) is 12.1 Å². The number of likely N-dealkylation sites (N-methyl/N-ethyl adjacent to an activating group) is 1. The molecule has 0 fully saturated rings. The Kier molecular flexibility index (Phi) is 6.39. The van der Waals surface area contributed by atoms with Gasteiger partial charge in [-0.25, -0.2) is 4.79 Å². The molecule has 0 aliphatic heterocycles. The minimum atomic E-state index is -0.365. The van der Waals surface area contributed by atoms with Crippen LogP contribution < -0.4 is 0 Å². The molecule has 1 N–H and O–H groups in total. The molecule has 0 saturated heterocycles. The molecule has 1 aromatic rings. The van der Waals surface area contributed by atoms with Gasteiger partial charge in [0.25, 0.3) is 0 Å². The second-order valence-electron chi connectivity index (χ2n) is 4.56. The molecule has 0 aliphatic rings. The Morgan fingerprint density at radius 1 is 1.33 bits per heavy atom. The molecule has 0 aliphatic carbocycles. The normalized spacial score (nSPS) is 12.4. The van der Waals surface area contributed by atoms with Crippen LogP contribution in [0.5, 0.6) is 0 Å². The van der Waals surface area contributed by atoms with Crippen molar-refractivity contribution in [2.24, 2.45) is 0 Å². The molecule has 1 rings (SSSR count). The van der Waals surface area contributed by atoms with E-state index in [1.807, 2.05) is 25.1 Å². The zero-order valence-electron chi connectivity index (χ0n) is 11.0. The summed E-state index contributed by atoms with van der Waals surface area (Å²) in [5.74, 6) is -0.308. The first kappa shape index (κ1) is 14.7. The summed E-state index contributed by atoms with van der Waals surface area (Å²) in [6.07, 6.45) is 0.948. The van der Waals surface area contributed by atoms with E-state index in [0.29, 0.717) is 31.6 Å². The van der Waals surface area contributed by atoms with Gasteiger partial charge in [-0.1, -0.05) is 18.2 Å². The first-order valence-corrected chi connectivity index (χ1v) is 6.14. The number of esters is 1. The van der Waals surface area contributed by atoms with Gasteiger partial charge in [0.1, 0.15) is 0 Å². The minimum absolute atomic E-state index is 0.308. The minimum Gasteiger partial charge on any atom is -0.462 e. The van der Waals surface area contributed by atoms with E-state index in [2.05, 4.69) is 0 Å². The summed E-state index contributed by atoms with van der Waals surface area (Å²) >= 11 is 0. The van der Waals surface area contributed by atoms with Crippen molar-refractivity contribution in [3.63, 3.8) is 0 Å². The lowest BCUT2D eigenvalue weighted by molar-refractivity contribution is 0.0468. The number of aliphatic hydroxyl groups is 1. The lowest BCUT2D eigenvalue weighted by Crippen LogP contribution is -2.26. The highest BCUT2D eigenvalue weighted by Gasteiger charge is 2.08. The largest absolute Gasteiger partial charge is 0.462 e. The van der Waals surface area contributed by atoms with E-state index in [4.69, 9.17) is 4.74 Å². The van der Waals surface area contributed by atoms with Crippen LogP contribution in [0.2, 0.25) is 0 Å². The second-order valence-corrected chi connectivity index (χ2v) is 4.56. The van der Waals surface area contributed by atoms with Crippen LogP contribution >= 0.6 is 0 Å². The molecule has 0 saturated carbocycles. The first-order chi connectivity index (χ1) is 8.59. The number of carbonyl (C=O) groups is 1. The van der Waals surface area contributed by atoms with Gasteiger partial charge in [0.15, 0.2) is 0 Å². The van der Waals surface area contributed by atoms with Crippen molar-refractivity contribution >= 4 is 5.97 Å². The molecule has 1 aromatic carbocycles. The maximum atomic E-state index is 11.6. The van der Waals surface area contributed by atoms with E-state index in [0.717, 1.165) is 0 Å². The summed E-state index contributed by atoms with van der Waals surface area (Å²) in [4.78, 5) is 13.5.